The van der Waals surface area contributed by atoms with Crippen LogP contribution in [0.25, 0.3) is 0 Å². The second-order valence-electron chi connectivity index (χ2n) is 8.43. The Hall–Kier alpha value is -3.49. The minimum absolute atomic E-state index is 0.254. The van der Waals surface area contributed by atoms with E-state index in [1.165, 1.54) is 29.2 Å². The highest BCUT2D eigenvalue weighted by Gasteiger charge is 2.31. The van der Waals surface area contributed by atoms with Gasteiger partial charge >= 0.3 is 12.4 Å². The lowest BCUT2D eigenvalue weighted by Crippen LogP contribution is -2.32. The topological polar surface area (TPSA) is 29.5 Å². The molecular weight excluding hydrogens is 484 g/mol. The summed E-state index contributed by atoms with van der Waals surface area (Å²) in [7, 11) is 1.59. The summed E-state index contributed by atoms with van der Waals surface area (Å²) in [4.78, 5) is 14.4. The number of rotatable bonds is 8. The quantitative estimate of drug-likeness (QED) is 0.295. The zero-order chi connectivity index (χ0) is 26.5. The van der Waals surface area contributed by atoms with Crippen molar-refractivity contribution >= 4 is 5.91 Å². The van der Waals surface area contributed by atoms with E-state index in [9.17, 15) is 31.1 Å². The molecule has 0 aliphatic rings. The third-order valence-corrected chi connectivity index (χ3v) is 5.84. The van der Waals surface area contributed by atoms with Gasteiger partial charge in [-0.05, 0) is 54.4 Å². The summed E-state index contributed by atoms with van der Waals surface area (Å²) in [5.41, 5.74) is -0.325. The highest BCUT2D eigenvalue weighted by atomic mass is 19.4. The summed E-state index contributed by atoms with van der Waals surface area (Å²) in [5, 5.41) is 0. The molecule has 0 heterocycles. The average Bonchev–Trinajstić information content (AvgIpc) is 2.85. The molecule has 0 spiro atoms. The smallest absolute Gasteiger partial charge is 0.416 e. The van der Waals surface area contributed by atoms with Gasteiger partial charge in [0.15, 0.2) is 0 Å². The maximum absolute atomic E-state index is 12.9. The fourth-order valence-corrected chi connectivity index (χ4v) is 3.70. The van der Waals surface area contributed by atoms with Crippen molar-refractivity contribution in [1.82, 2.24) is 4.90 Å². The number of ether oxygens (including phenoxy) is 1. The van der Waals surface area contributed by atoms with Gasteiger partial charge in [0.2, 0.25) is 5.91 Å². The highest BCUT2D eigenvalue weighted by molar-refractivity contribution is 5.83. The fraction of sp³-hybridized carbons (Fsp3) is 0.296. The average molecular weight is 509 g/mol. The van der Waals surface area contributed by atoms with E-state index in [1.807, 2.05) is 18.2 Å². The molecule has 0 radical (unpaired) electrons. The number of likely N-dealkylation sites (N-methyl/N-ethyl adjacent to an activating group) is 1. The molecule has 0 aliphatic carbocycles. The van der Waals surface area contributed by atoms with Gasteiger partial charge in [0, 0.05) is 20.0 Å². The van der Waals surface area contributed by atoms with E-state index in [0.717, 1.165) is 29.8 Å². The zero-order valence-electron chi connectivity index (χ0n) is 19.6. The number of benzene rings is 3. The minimum Gasteiger partial charge on any atom is -0.486 e. The normalized spacial score (nSPS) is 13.7. The molecule has 0 saturated heterocycles. The van der Waals surface area contributed by atoms with Crippen LogP contribution in [0.4, 0.5) is 26.3 Å². The van der Waals surface area contributed by atoms with E-state index in [2.05, 4.69) is 0 Å². The zero-order valence-corrected chi connectivity index (χ0v) is 19.6. The second kappa shape index (κ2) is 11.1. The van der Waals surface area contributed by atoms with E-state index in [1.54, 1.807) is 26.1 Å². The van der Waals surface area contributed by atoms with E-state index in [4.69, 9.17) is 4.74 Å². The number of hydrogen-bond acceptors (Lipinski definition) is 2. The van der Waals surface area contributed by atoms with Gasteiger partial charge in [-0.25, -0.2) is 0 Å². The van der Waals surface area contributed by atoms with Gasteiger partial charge < -0.3 is 9.64 Å². The van der Waals surface area contributed by atoms with E-state index in [0.29, 0.717) is 12.0 Å². The molecule has 0 fully saturated rings. The predicted octanol–water partition coefficient (Wildman–Crippen LogP) is 7.50. The molecule has 0 aliphatic heterocycles. The molecule has 2 atom stereocenters. The number of nitrogens with zero attached hydrogens (tertiary/aromatic N) is 1. The van der Waals surface area contributed by atoms with Gasteiger partial charge in [0.05, 0.1) is 17.0 Å². The molecule has 9 heteroatoms. The molecule has 0 aromatic heterocycles. The van der Waals surface area contributed by atoms with Crippen LogP contribution in [0.1, 0.15) is 47.6 Å². The number of alkyl halides is 6. The number of carbonyl (C=O) groups excluding carboxylic acids is 1. The van der Waals surface area contributed by atoms with Crippen molar-refractivity contribution in [2.75, 3.05) is 13.6 Å². The minimum atomic E-state index is -4.46. The summed E-state index contributed by atoms with van der Waals surface area (Å²) < 4.78 is 83.0. The van der Waals surface area contributed by atoms with Crippen LogP contribution in [-0.2, 0) is 17.1 Å². The van der Waals surface area contributed by atoms with E-state index >= 15 is 0 Å². The van der Waals surface area contributed by atoms with Crippen LogP contribution < -0.4 is 4.74 Å². The van der Waals surface area contributed by atoms with Gasteiger partial charge in [0.25, 0.3) is 0 Å². The van der Waals surface area contributed by atoms with Crippen LogP contribution in [0.3, 0.4) is 0 Å². The first-order valence-electron chi connectivity index (χ1n) is 11.2. The maximum Gasteiger partial charge on any atom is 0.416 e. The molecule has 1 amide bonds. The second-order valence-corrected chi connectivity index (χ2v) is 8.43. The number of amides is 1. The summed E-state index contributed by atoms with van der Waals surface area (Å²) in [6, 6.07) is 17.9. The van der Waals surface area contributed by atoms with Crippen LogP contribution in [0.15, 0.2) is 78.9 Å². The Bertz CT molecular complexity index is 1130. The van der Waals surface area contributed by atoms with Gasteiger partial charge in [-0.2, -0.15) is 26.3 Å². The van der Waals surface area contributed by atoms with Crippen molar-refractivity contribution in [1.29, 1.82) is 0 Å². The number of hydrogen-bond donors (Lipinski definition) is 0. The number of halogens is 6. The molecule has 3 rings (SSSR count). The van der Waals surface area contributed by atoms with Crippen LogP contribution in [0.2, 0.25) is 0 Å². The summed E-state index contributed by atoms with van der Waals surface area (Å²) >= 11 is 0. The lowest BCUT2D eigenvalue weighted by Gasteiger charge is -2.25. The van der Waals surface area contributed by atoms with Gasteiger partial charge in [0.1, 0.15) is 11.9 Å². The standard InChI is InChI=1S/C27H25F6NO2/c1-18(19-8-10-21(11-9-19)26(28,29)30)25(35)34(2)17-16-24(20-6-4-3-5-7-20)36-23-14-12-22(13-15-23)27(31,32)33/h3-15,18,24H,16-17H2,1-2H3/t18-,24-/m0/s1. The number of carbonyl (C=O) groups is 1. The molecule has 36 heavy (non-hydrogen) atoms. The van der Waals surface area contributed by atoms with Crippen LogP contribution in [-0.4, -0.2) is 24.4 Å². The van der Waals surface area contributed by atoms with Crippen molar-refractivity contribution in [2.45, 2.75) is 37.7 Å². The molecule has 0 saturated carbocycles. The fourth-order valence-electron chi connectivity index (χ4n) is 3.70. The lowest BCUT2D eigenvalue weighted by molar-refractivity contribution is -0.138. The Morgan fingerprint density at radius 1 is 0.778 bits per heavy atom. The first kappa shape index (κ1) is 27.1. The summed E-state index contributed by atoms with van der Waals surface area (Å²) in [5.74, 6) is -0.691. The van der Waals surface area contributed by atoms with Crippen molar-refractivity contribution in [2.24, 2.45) is 0 Å². The Morgan fingerprint density at radius 2 is 1.28 bits per heavy atom. The van der Waals surface area contributed by atoms with E-state index < -0.39 is 35.5 Å². The first-order chi connectivity index (χ1) is 16.9. The van der Waals surface area contributed by atoms with Crippen LogP contribution >= 0.6 is 0 Å². The third-order valence-electron chi connectivity index (χ3n) is 5.84. The van der Waals surface area contributed by atoms with Crippen LogP contribution in [0, 0.1) is 0 Å². The van der Waals surface area contributed by atoms with Crippen LogP contribution in [0.5, 0.6) is 5.75 Å². The SMILES string of the molecule is C[C@H](C(=O)N(C)CC[C@H](Oc1ccc(C(F)(F)F)cc1)c1ccccc1)c1ccc(C(F)(F)F)cc1. The monoisotopic (exact) mass is 509 g/mol. The Balaban J connectivity index is 1.68. The molecule has 3 aromatic rings. The summed E-state index contributed by atoms with van der Waals surface area (Å²) in [6.07, 6.45) is -9.11. The van der Waals surface area contributed by atoms with Crippen molar-refractivity contribution in [3.8, 4) is 5.75 Å². The molecule has 0 bridgehead atoms. The first-order valence-corrected chi connectivity index (χ1v) is 11.2. The van der Waals surface area contributed by atoms with E-state index in [-0.39, 0.29) is 18.2 Å². The van der Waals surface area contributed by atoms with Crippen molar-refractivity contribution in [3.05, 3.63) is 101 Å². The van der Waals surface area contributed by atoms with Gasteiger partial charge in [-0.15, -0.1) is 0 Å². The van der Waals surface area contributed by atoms with Crippen molar-refractivity contribution < 1.29 is 35.9 Å². The molecule has 3 aromatic carbocycles. The highest BCUT2D eigenvalue weighted by Crippen LogP contribution is 2.33. The van der Waals surface area contributed by atoms with Crippen molar-refractivity contribution in [3.63, 3.8) is 0 Å². The maximum atomic E-state index is 12.9. The predicted molar refractivity (Wildman–Crippen MR) is 123 cm³/mol. The largest absolute Gasteiger partial charge is 0.486 e. The molecule has 192 valence electrons. The van der Waals surface area contributed by atoms with Gasteiger partial charge in [-0.1, -0.05) is 42.5 Å². The Kier molecular flexibility index (Phi) is 8.32. The summed E-state index contributed by atoms with van der Waals surface area (Å²) in [6.45, 7) is 1.87. The Labute approximate surface area is 205 Å². The molecule has 0 unspecified atom stereocenters. The molecule has 3 nitrogen and oxygen atoms in total. The van der Waals surface area contributed by atoms with Gasteiger partial charge in [-0.3, -0.25) is 4.79 Å². The molecular formula is C27H25F6NO2. The molecule has 0 N–H and O–H groups in total. The lowest BCUT2D eigenvalue weighted by atomic mass is 9.98. The Morgan fingerprint density at radius 3 is 1.78 bits per heavy atom. The third kappa shape index (κ3) is 7.02.